The first-order valence-corrected chi connectivity index (χ1v) is 13.0. The van der Waals surface area contributed by atoms with Crippen LogP contribution in [0.2, 0.25) is 0 Å². The van der Waals surface area contributed by atoms with Gasteiger partial charge in [-0.25, -0.2) is 0 Å². The van der Waals surface area contributed by atoms with Crippen molar-refractivity contribution in [3.05, 3.63) is 96.1 Å². The van der Waals surface area contributed by atoms with Crippen LogP contribution in [0.25, 0.3) is 11.1 Å². The Balaban J connectivity index is 1.72. The number of hydrogen-bond donors (Lipinski definition) is 3. The molecule has 0 saturated heterocycles. The highest BCUT2D eigenvalue weighted by molar-refractivity contribution is 5.98. The molecular weight excluding hydrogens is 478 g/mol. The molecule has 0 spiro atoms. The van der Waals surface area contributed by atoms with Crippen molar-refractivity contribution in [2.24, 2.45) is 0 Å². The predicted octanol–water partition coefficient (Wildman–Crippen LogP) is 4.07. The maximum atomic E-state index is 13.3. The molecule has 3 N–H and O–H groups in total. The second kappa shape index (κ2) is 14.5. The smallest absolute Gasteiger partial charge is 0.251 e. The Hall–Kier alpha value is -4.26. The van der Waals surface area contributed by atoms with Crippen molar-refractivity contribution < 1.29 is 19.2 Å². The molecule has 3 unspecified atom stereocenters. The average molecular weight is 514 g/mol. The van der Waals surface area contributed by atoms with Gasteiger partial charge in [0.2, 0.25) is 11.8 Å². The Kier molecular flexibility index (Phi) is 10.8. The fraction of sp³-hybridized carbons (Fsp3) is 0.290. The summed E-state index contributed by atoms with van der Waals surface area (Å²) in [5.41, 5.74) is 3.41. The number of amides is 3. The maximum absolute atomic E-state index is 13.3. The summed E-state index contributed by atoms with van der Waals surface area (Å²) in [6.45, 7) is 3.56. The Morgan fingerprint density at radius 1 is 0.763 bits per heavy atom. The van der Waals surface area contributed by atoms with Gasteiger partial charge in [0.1, 0.15) is 18.4 Å². The van der Waals surface area contributed by atoms with Crippen LogP contribution in [0.1, 0.15) is 49.0 Å². The molecule has 7 heteroatoms. The fourth-order valence-electron chi connectivity index (χ4n) is 4.03. The quantitative estimate of drug-likeness (QED) is 0.300. The van der Waals surface area contributed by atoms with E-state index >= 15 is 0 Å². The summed E-state index contributed by atoms with van der Waals surface area (Å²) < 4.78 is 0. The fourth-order valence-corrected chi connectivity index (χ4v) is 4.03. The SMILES string of the molecule is CCCCC(C=O)NC(=O)C(C)NC(=O)C(Cc1ccc(-c2ccccc2)cc1)NC(=O)c1ccccc1. The molecule has 198 valence electrons. The number of hydrogen-bond acceptors (Lipinski definition) is 4. The van der Waals surface area contributed by atoms with Crippen LogP contribution < -0.4 is 16.0 Å². The number of rotatable bonds is 13. The number of carbonyl (C=O) groups is 4. The summed E-state index contributed by atoms with van der Waals surface area (Å²) in [4.78, 5) is 50.1. The zero-order chi connectivity index (χ0) is 27.3. The summed E-state index contributed by atoms with van der Waals surface area (Å²) in [5, 5.41) is 8.19. The van der Waals surface area contributed by atoms with E-state index in [4.69, 9.17) is 0 Å². The van der Waals surface area contributed by atoms with Crippen molar-refractivity contribution in [2.45, 2.75) is 57.7 Å². The van der Waals surface area contributed by atoms with E-state index in [-0.39, 0.29) is 12.3 Å². The van der Waals surface area contributed by atoms with Crippen molar-refractivity contribution in [3.63, 3.8) is 0 Å². The topological polar surface area (TPSA) is 104 Å². The van der Waals surface area contributed by atoms with Crippen molar-refractivity contribution in [1.82, 2.24) is 16.0 Å². The molecule has 0 fully saturated rings. The van der Waals surface area contributed by atoms with Crippen LogP contribution in [0, 0.1) is 0 Å². The third-order valence-corrected chi connectivity index (χ3v) is 6.27. The van der Waals surface area contributed by atoms with Crippen molar-refractivity contribution in [1.29, 1.82) is 0 Å². The number of unbranched alkanes of at least 4 members (excludes halogenated alkanes) is 1. The van der Waals surface area contributed by atoms with E-state index in [1.54, 1.807) is 31.2 Å². The normalized spacial score (nSPS) is 13.0. The van der Waals surface area contributed by atoms with Gasteiger partial charge >= 0.3 is 0 Å². The van der Waals surface area contributed by atoms with Crippen LogP contribution in [-0.2, 0) is 20.8 Å². The van der Waals surface area contributed by atoms with Crippen LogP contribution >= 0.6 is 0 Å². The highest BCUT2D eigenvalue weighted by Gasteiger charge is 2.26. The molecular formula is C31H35N3O4. The summed E-state index contributed by atoms with van der Waals surface area (Å²) in [7, 11) is 0. The molecule has 0 aromatic heterocycles. The molecule has 38 heavy (non-hydrogen) atoms. The summed E-state index contributed by atoms with van der Waals surface area (Å²) in [6, 6.07) is 24.0. The van der Waals surface area contributed by atoms with Gasteiger partial charge in [0.25, 0.3) is 5.91 Å². The Morgan fingerprint density at radius 3 is 1.97 bits per heavy atom. The van der Waals surface area contributed by atoms with E-state index in [1.807, 2.05) is 67.6 Å². The highest BCUT2D eigenvalue weighted by atomic mass is 16.2. The average Bonchev–Trinajstić information content (AvgIpc) is 2.95. The minimum atomic E-state index is -0.914. The molecule has 0 radical (unpaired) electrons. The first kappa shape index (κ1) is 28.3. The molecule has 3 aromatic rings. The summed E-state index contributed by atoms with van der Waals surface area (Å²) in [6.07, 6.45) is 3.20. The van der Waals surface area contributed by atoms with Crippen molar-refractivity contribution in [2.75, 3.05) is 0 Å². The molecule has 3 aromatic carbocycles. The van der Waals surface area contributed by atoms with Gasteiger partial charge in [0.05, 0.1) is 6.04 Å². The lowest BCUT2D eigenvalue weighted by atomic mass is 10.00. The number of aldehydes is 1. The molecule has 3 amide bonds. The third kappa shape index (κ3) is 8.40. The van der Waals surface area contributed by atoms with E-state index < -0.39 is 29.9 Å². The second-order valence-electron chi connectivity index (χ2n) is 9.28. The second-order valence-corrected chi connectivity index (χ2v) is 9.28. The Labute approximate surface area is 224 Å². The third-order valence-electron chi connectivity index (χ3n) is 6.27. The molecule has 3 rings (SSSR count). The molecule has 0 aliphatic rings. The van der Waals surface area contributed by atoms with E-state index in [0.29, 0.717) is 18.3 Å². The maximum Gasteiger partial charge on any atom is 0.251 e. The van der Waals surface area contributed by atoms with Crippen LogP contribution in [0.15, 0.2) is 84.9 Å². The van der Waals surface area contributed by atoms with Crippen LogP contribution in [0.3, 0.4) is 0 Å². The first-order chi connectivity index (χ1) is 18.4. The van der Waals surface area contributed by atoms with Gasteiger partial charge in [-0.3, -0.25) is 14.4 Å². The van der Waals surface area contributed by atoms with Crippen molar-refractivity contribution >= 4 is 24.0 Å². The van der Waals surface area contributed by atoms with Gasteiger partial charge in [-0.15, -0.1) is 0 Å². The van der Waals surface area contributed by atoms with E-state index in [2.05, 4.69) is 16.0 Å². The monoisotopic (exact) mass is 513 g/mol. The molecule has 3 atom stereocenters. The van der Waals surface area contributed by atoms with E-state index in [0.717, 1.165) is 29.5 Å². The van der Waals surface area contributed by atoms with Gasteiger partial charge in [0, 0.05) is 12.0 Å². The van der Waals surface area contributed by atoms with Gasteiger partial charge < -0.3 is 20.7 Å². The molecule has 0 aliphatic carbocycles. The van der Waals surface area contributed by atoms with Crippen LogP contribution in [0.4, 0.5) is 0 Å². The largest absolute Gasteiger partial charge is 0.345 e. The highest BCUT2D eigenvalue weighted by Crippen LogP contribution is 2.20. The first-order valence-electron chi connectivity index (χ1n) is 13.0. The standard InChI is InChI=1S/C31H35N3O4/c1-3-4-15-27(21-35)33-29(36)22(2)32-31(38)28(34-30(37)26-13-9-6-10-14-26)20-23-16-18-25(19-17-23)24-11-7-5-8-12-24/h5-14,16-19,21-22,27-28H,3-4,15,20H2,1-2H3,(H,32,38)(H,33,36)(H,34,37). The molecule has 7 nitrogen and oxygen atoms in total. The van der Waals surface area contributed by atoms with Gasteiger partial charge in [0.15, 0.2) is 0 Å². The molecule has 0 aliphatic heterocycles. The number of carbonyl (C=O) groups excluding carboxylic acids is 4. The Morgan fingerprint density at radius 2 is 1.37 bits per heavy atom. The lowest BCUT2D eigenvalue weighted by Gasteiger charge is -2.22. The number of nitrogens with one attached hydrogen (secondary N) is 3. The molecule has 0 heterocycles. The predicted molar refractivity (Wildman–Crippen MR) is 148 cm³/mol. The Bertz CT molecular complexity index is 1200. The summed E-state index contributed by atoms with van der Waals surface area (Å²) >= 11 is 0. The van der Waals surface area contributed by atoms with E-state index in [1.165, 1.54) is 0 Å². The van der Waals surface area contributed by atoms with Gasteiger partial charge in [-0.05, 0) is 42.2 Å². The minimum absolute atomic E-state index is 0.237. The molecule has 0 bridgehead atoms. The minimum Gasteiger partial charge on any atom is -0.345 e. The lowest BCUT2D eigenvalue weighted by molar-refractivity contribution is -0.130. The van der Waals surface area contributed by atoms with Gasteiger partial charge in [-0.1, -0.05) is 92.6 Å². The summed E-state index contributed by atoms with van der Waals surface area (Å²) in [5.74, 6) is -1.32. The van der Waals surface area contributed by atoms with Crippen LogP contribution in [-0.4, -0.2) is 42.1 Å². The van der Waals surface area contributed by atoms with Gasteiger partial charge in [-0.2, -0.15) is 0 Å². The van der Waals surface area contributed by atoms with Crippen molar-refractivity contribution in [3.8, 4) is 11.1 Å². The zero-order valence-electron chi connectivity index (χ0n) is 21.9. The van der Waals surface area contributed by atoms with E-state index in [9.17, 15) is 19.2 Å². The van der Waals surface area contributed by atoms with Crippen LogP contribution in [0.5, 0.6) is 0 Å². The zero-order valence-corrected chi connectivity index (χ0v) is 21.9. The molecule has 0 saturated carbocycles. The lowest BCUT2D eigenvalue weighted by Crippen LogP contribution is -2.54. The number of benzene rings is 3.